The predicted molar refractivity (Wildman–Crippen MR) is 74.4 cm³/mol. The minimum absolute atomic E-state index is 0. The van der Waals surface area contributed by atoms with Crippen molar-refractivity contribution in [3.05, 3.63) is 29.0 Å². The van der Waals surface area contributed by atoms with Gasteiger partial charge in [0.25, 0.3) is 0 Å². The second-order valence-electron chi connectivity index (χ2n) is 4.92. The van der Waals surface area contributed by atoms with Crippen LogP contribution < -0.4 is 10.1 Å². The number of hydrogen-bond acceptors (Lipinski definition) is 2. The third-order valence-corrected chi connectivity index (χ3v) is 3.58. The Hall–Kier alpha value is -0.510. The Kier molecular flexibility index (Phi) is 5.70. The van der Waals surface area contributed by atoms with Gasteiger partial charge >= 0.3 is 0 Å². The van der Waals surface area contributed by atoms with Crippen LogP contribution in [-0.4, -0.2) is 19.7 Å². The van der Waals surface area contributed by atoms with Gasteiger partial charge in [-0.1, -0.05) is 18.5 Å². The van der Waals surface area contributed by atoms with Crippen LogP contribution in [0.3, 0.4) is 0 Å². The summed E-state index contributed by atoms with van der Waals surface area (Å²) >= 11 is 5.92. The fourth-order valence-corrected chi connectivity index (χ4v) is 2.24. The van der Waals surface area contributed by atoms with Gasteiger partial charge in [-0.25, -0.2) is 4.39 Å². The molecule has 1 aromatic carbocycles. The summed E-state index contributed by atoms with van der Waals surface area (Å²) in [6, 6.07) is 4.23. The van der Waals surface area contributed by atoms with Gasteiger partial charge in [0.2, 0.25) is 0 Å². The summed E-state index contributed by atoms with van der Waals surface area (Å²) < 4.78 is 18.6. The third kappa shape index (κ3) is 4.01. The van der Waals surface area contributed by atoms with E-state index in [2.05, 4.69) is 12.2 Å². The summed E-state index contributed by atoms with van der Waals surface area (Å²) in [6.45, 7) is 4.89. The Morgan fingerprint density at radius 1 is 1.39 bits per heavy atom. The van der Waals surface area contributed by atoms with Gasteiger partial charge in [-0.15, -0.1) is 12.4 Å². The summed E-state index contributed by atoms with van der Waals surface area (Å²) in [7, 11) is 0. The van der Waals surface area contributed by atoms with Crippen molar-refractivity contribution < 1.29 is 9.13 Å². The molecule has 0 amide bonds. The normalized spacial score (nSPS) is 17.9. The summed E-state index contributed by atoms with van der Waals surface area (Å²) in [4.78, 5) is 0. The molecule has 0 aliphatic carbocycles. The molecule has 0 saturated carbocycles. The Morgan fingerprint density at radius 3 is 2.67 bits per heavy atom. The molecule has 0 spiro atoms. The van der Waals surface area contributed by atoms with Crippen molar-refractivity contribution in [3.63, 3.8) is 0 Å². The maximum atomic E-state index is 12.9. The average Bonchev–Trinajstić information content (AvgIpc) is 2.29. The highest BCUT2D eigenvalue weighted by molar-refractivity contribution is 6.32. The van der Waals surface area contributed by atoms with E-state index in [1.807, 2.05) is 0 Å². The Morgan fingerprint density at radius 2 is 2.06 bits per heavy atom. The first-order valence-electron chi connectivity index (χ1n) is 5.88. The van der Waals surface area contributed by atoms with Crippen molar-refractivity contribution in [1.82, 2.24) is 5.32 Å². The summed E-state index contributed by atoms with van der Waals surface area (Å²) in [6.07, 6.45) is 2.18. The first-order valence-corrected chi connectivity index (χ1v) is 6.25. The molecule has 0 radical (unpaired) electrons. The molecule has 5 heteroatoms. The lowest BCUT2D eigenvalue weighted by Crippen LogP contribution is -2.38. The molecule has 2 nitrogen and oxygen atoms in total. The van der Waals surface area contributed by atoms with Gasteiger partial charge < -0.3 is 10.1 Å². The molecule has 0 bridgehead atoms. The summed E-state index contributed by atoms with van der Waals surface area (Å²) in [5.74, 6) is 0.225. The van der Waals surface area contributed by atoms with Crippen LogP contribution in [0.5, 0.6) is 5.75 Å². The SMILES string of the molecule is CC1(COc2ccc(F)cc2Cl)CCNCC1.Cl. The van der Waals surface area contributed by atoms with Gasteiger partial charge in [-0.05, 0) is 44.1 Å². The molecule has 0 unspecified atom stereocenters. The molecule has 2 rings (SSSR count). The Labute approximate surface area is 118 Å². The van der Waals surface area contributed by atoms with Crippen LogP contribution in [0.1, 0.15) is 19.8 Å². The molecular formula is C13H18Cl2FNO. The number of nitrogens with one attached hydrogen (secondary N) is 1. The van der Waals surface area contributed by atoms with Gasteiger partial charge in [0.15, 0.2) is 0 Å². The fourth-order valence-electron chi connectivity index (χ4n) is 2.02. The molecule has 1 aromatic rings. The first kappa shape index (κ1) is 15.5. The Bertz CT molecular complexity index is 395. The zero-order chi connectivity index (χ0) is 12.3. The van der Waals surface area contributed by atoms with Gasteiger partial charge in [0.1, 0.15) is 11.6 Å². The van der Waals surface area contributed by atoms with E-state index >= 15 is 0 Å². The molecule has 1 N–H and O–H groups in total. The fraction of sp³-hybridized carbons (Fsp3) is 0.538. The van der Waals surface area contributed by atoms with Gasteiger partial charge in [0, 0.05) is 5.41 Å². The number of piperidine rings is 1. The second-order valence-corrected chi connectivity index (χ2v) is 5.33. The molecule has 1 heterocycles. The van der Waals surface area contributed by atoms with Gasteiger partial charge in [-0.3, -0.25) is 0 Å². The van der Waals surface area contributed by atoms with Crippen LogP contribution in [0.2, 0.25) is 5.02 Å². The predicted octanol–water partition coefficient (Wildman–Crippen LogP) is 3.67. The number of benzene rings is 1. The number of halogens is 3. The number of rotatable bonds is 3. The van der Waals surface area contributed by atoms with Crippen LogP contribution in [-0.2, 0) is 0 Å². The van der Waals surface area contributed by atoms with Crippen LogP contribution in [0.15, 0.2) is 18.2 Å². The van der Waals surface area contributed by atoms with Gasteiger partial charge in [-0.2, -0.15) is 0 Å². The van der Waals surface area contributed by atoms with E-state index in [0.717, 1.165) is 25.9 Å². The summed E-state index contributed by atoms with van der Waals surface area (Å²) in [5.41, 5.74) is 0.183. The van der Waals surface area contributed by atoms with E-state index in [1.54, 1.807) is 6.07 Å². The smallest absolute Gasteiger partial charge is 0.138 e. The topological polar surface area (TPSA) is 21.3 Å². The number of hydrogen-bond donors (Lipinski definition) is 1. The maximum Gasteiger partial charge on any atom is 0.138 e. The minimum Gasteiger partial charge on any atom is -0.491 e. The molecule has 102 valence electrons. The van der Waals surface area contributed by atoms with Crippen molar-refractivity contribution in [3.8, 4) is 5.75 Å². The lowest BCUT2D eigenvalue weighted by atomic mass is 9.82. The highest BCUT2D eigenvalue weighted by Crippen LogP contribution is 2.31. The van der Waals surface area contributed by atoms with E-state index in [-0.39, 0.29) is 23.6 Å². The highest BCUT2D eigenvalue weighted by Gasteiger charge is 2.27. The number of ether oxygens (including phenoxy) is 1. The minimum atomic E-state index is -0.338. The lowest BCUT2D eigenvalue weighted by Gasteiger charge is -2.33. The van der Waals surface area contributed by atoms with E-state index in [0.29, 0.717) is 17.4 Å². The molecule has 1 aliphatic heterocycles. The summed E-state index contributed by atoms with van der Waals surface area (Å²) in [5, 5.41) is 3.66. The van der Waals surface area contributed by atoms with Crippen molar-refractivity contribution >= 4 is 24.0 Å². The van der Waals surface area contributed by atoms with E-state index in [1.165, 1.54) is 12.1 Å². The van der Waals surface area contributed by atoms with Crippen LogP contribution in [0.4, 0.5) is 4.39 Å². The van der Waals surface area contributed by atoms with Gasteiger partial charge in [0.05, 0.1) is 11.6 Å². The van der Waals surface area contributed by atoms with Crippen LogP contribution >= 0.6 is 24.0 Å². The van der Waals surface area contributed by atoms with Crippen molar-refractivity contribution in [2.24, 2.45) is 5.41 Å². The lowest BCUT2D eigenvalue weighted by molar-refractivity contribution is 0.123. The maximum absolute atomic E-state index is 12.9. The van der Waals surface area contributed by atoms with Crippen LogP contribution in [0, 0.1) is 11.2 Å². The van der Waals surface area contributed by atoms with Crippen molar-refractivity contribution in [2.75, 3.05) is 19.7 Å². The third-order valence-electron chi connectivity index (χ3n) is 3.28. The molecule has 0 aromatic heterocycles. The quantitative estimate of drug-likeness (QED) is 0.918. The monoisotopic (exact) mass is 293 g/mol. The molecule has 1 saturated heterocycles. The van der Waals surface area contributed by atoms with E-state index in [4.69, 9.17) is 16.3 Å². The van der Waals surface area contributed by atoms with Crippen LogP contribution in [0.25, 0.3) is 0 Å². The molecule has 1 fully saturated rings. The molecule has 0 atom stereocenters. The highest BCUT2D eigenvalue weighted by atomic mass is 35.5. The molecule has 1 aliphatic rings. The van der Waals surface area contributed by atoms with E-state index < -0.39 is 0 Å². The van der Waals surface area contributed by atoms with Crippen molar-refractivity contribution in [1.29, 1.82) is 0 Å². The largest absolute Gasteiger partial charge is 0.491 e. The standard InChI is InChI=1S/C13H17ClFNO.ClH/c1-13(4-6-16-7-5-13)9-17-12-3-2-10(15)8-11(12)14;/h2-3,8,16H,4-7,9H2,1H3;1H. The average molecular weight is 294 g/mol. The molecule has 18 heavy (non-hydrogen) atoms. The first-order chi connectivity index (χ1) is 8.09. The van der Waals surface area contributed by atoms with Crippen molar-refractivity contribution in [2.45, 2.75) is 19.8 Å². The second kappa shape index (κ2) is 6.60. The molecular weight excluding hydrogens is 276 g/mol. The Balaban J connectivity index is 0.00000162. The zero-order valence-corrected chi connectivity index (χ0v) is 11.9. The van der Waals surface area contributed by atoms with E-state index in [9.17, 15) is 4.39 Å². The zero-order valence-electron chi connectivity index (χ0n) is 10.3.